The van der Waals surface area contributed by atoms with E-state index in [0.29, 0.717) is 6.04 Å². The van der Waals surface area contributed by atoms with Gasteiger partial charge in [-0.1, -0.05) is 36.4 Å². The van der Waals surface area contributed by atoms with E-state index in [1.807, 2.05) is 55.6 Å². The molecule has 1 saturated heterocycles. The fraction of sp³-hybridized carbons (Fsp3) is 0.318. The summed E-state index contributed by atoms with van der Waals surface area (Å²) >= 11 is 0. The van der Waals surface area contributed by atoms with Crippen molar-refractivity contribution in [3.8, 4) is 11.4 Å². The van der Waals surface area contributed by atoms with Gasteiger partial charge in [-0.05, 0) is 38.4 Å². The Morgan fingerprint density at radius 1 is 1.07 bits per heavy atom. The van der Waals surface area contributed by atoms with E-state index in [1.54, 1.807) is 0 Å². The van der Waals surface area contributed by atoms with Gasteiger partial charge in [0.05, 0.1) is 5.69 Å². The SMILES string of the molecule is Cc1cc(NC2CCCN(Cc3ccccn3)C2)nc(-c2ccccc2)n1. The van der Waals surface area contributed by atoms with Crippen molar-refractivity contribution in [3.05, 3.63) is 72.2 Å². The second-order valence-electron chi connectivity index (χ2n) is 7.12. The number of pyridine rings is 1. The Hall–Kier alpha value is -2.79. The topological polar surface area (TPSA) is 53.9 Å². The van der Waals surface area contributed by atoms with Crippen LogP contribution in [0.2, 0.25) is 0 Å². The number of hydrogen-bond acceptors (Lipinski definition) is 5. The van der Waals surface area contributed by atoms with Crippen LogP contribution in [0.4, 0.5) is 5.82 Å². The number of likely N-dealkylation sites (tertiary alicyclic amines) is 1. The van der Waals surface area contributed by atoms with Gasteiger partial charge < -0.3 is 5.32 Å². The maximum Gasteiger partial charge on any atom is 0.161 e. The summed E-state index contributed by atoms with van der Waals surface area (Å²) < 4.78 is 0. The molecule has 5 heteroatoms. The van der Waals surface area contributed by atoms with Crippen LogP contribution in [0.25, 0.3) is 11.4 Å². The van der Waals surface area contributed by atoms with Crippen molar-refractivity contribution in [2.75, 3.05) is 18.4 Å². The molecule has 0 saturated carbocycles. The highest BCUT2D eigenvalue weighted by atomic mass is 15.2. The standard InChI is InChI=1S/C22H25N5/c1-17-14-21(26-22(24-17)18-8-3-2-4-9-18)25-20-11-7-13-27(16-20)15-19-10-5-6-12-23-19/h2-6,8-10,12,14,20H,7,11,13,15-16H2,1H3,(H,24,25,26). The molecular formula is C22H25N5. The average Bonchev–Trinajstić information content (AvgIpc) is 2.69. The van der Waals surface area contributed by atoms with Crippen molar-refractivity contribution in [2.24, 2.45) is 0 Å². The summed E-state index contributed by atoms with van der Waals surface area (Å²) in [5.74, 6) is 1.69. The molecule has 0 amide bonds. The van der Waals surface area contributed by atoms with E-state index in [-0.39, 0.29) is 0 Å². The van der Waals surface area contributed by atoms with Crippen molar-refractivity contribution < 1.29 is 0 Å². The molecule has 3 aromatic rings. The first-order valence-electron chi connectivity index (χ1n) is 9.56. The van der Waals surface area contributed by atoms with Gasteiger partial charge in [0, 0.05) is 42.7 Å². The van der Waals surface area contributed by atoms with Gasteiger partial charge in [-0.2, -0.15) is 0 Å². The first-order valence-corrected chi connectivity index (χ1v) is 9.56. The molecule has 1 N–H and O–H groups in total. The van der Waals surface area contributed by atoms with Crippen molar-refractivity contribution >= 4 is 5.82 Å². The molecule has 1 aliphatic heterocycles. The normalized spacial score (nSPS) is 17.6. The van der Waals surface area contributed by atoms with Gasteiger partial charge in [0.15, 0.2) is 5.82 Å². The predicted octanol–water partition coefficient (Wildman–Crippen LogP) is 3.92. The zero-order chi connectivity index (χ0) is 18.5. The highest BCUT2D eigenvalue weighted by Gasteiger charge is 2.21. The second kappa shape index (κ2) is 8.27. The number of nitrogens with zero attached hydrogens (tertiary/aromatic N) is 4. The number of aromatic nitrogens is 3. The first kappa shape index (κ1) is 17.6. The van der Waals surface area contributed by atoms with Crippen LogP contribution in [-0.2, 0) is 6.54 Å². The Kier molecular flexibility index (Phi) is 5.39. The van der Waals surface area contributed by atoms with Gasteiger partial charge in [-0.25, -0.2) is 9.97 Å². The Labute approximate surface area is 160 Å². The Bertz CT molecular complexity index is 866. The monoisotopic (exact) mass is 359 g/mol. The molecule has 1 fully saturated rings. The summed E-state index contributed by atoms with van der Waals surface area (Å²) in [5, 5.41) is 3.63. The Balaban J connectivity index is 1.45. The molecule has 0 radical (unpaired) electrons. The lowest BCUT2D eigenvalue weighted by molar-refractivity contribution is 0.206. The third kappa shape index (κ3) is 4.68. The zero-order valence-electron chi connectivity index (χ0n) is 15.7. The second-order valence-corrected chi connectivity index (χ2v) is 7.12. The first-order chi connectivity index (χ1) is 13.3. The molecule has 27 heavy (non-hydrogen) atoms. The number of piperidine rings is 1. The highest BCUT2D eigenvalue weighted by Crippen LogP contribution is 2.20. The number of benzene rings is 1. The van der Waals surface area contributed by atoms with Crippen molar-refractivity contribution in [1.82, 2.24) is 19.9 Å². The van der Waals surface area contributed by atoms with E-state index in [0.717, 1.165) is 54.6 Å². The number of rotatable bonds is 5. The fourth-order valence-electron chi connectivity index (χ4n) is 3.61. The van der Waals surface area contributed by atoms with Gasteiger partial charge in [-0.3, -0.25) is 9.88 Å². The van der Waals surface area contributed by atoms with Gasteiger partial charge in [0.25, 0.3) is 0 Å². The van der Waals surface area contributed by atoms with E-state index in [1.165, 1.54) is 6.42 Å². The average molecular weight is 359 g/mol. The molecule has 4 rings (SSSR count). The summed E-state index contributed by atoms with van der Waals surface area (Å²) in [6, 6.07) is 18.7. The molecule has 1 unspecified atom stereocenters. The van der Waals surface area contributed by atoms with Gasteiger partial charge in [-0.15, -0.1) is 0 Å². The van der Waals surface area contributed by atoms with Crippen LogP contribution in [0.1, 0.15) is 24.2 Å². The van der Waals surface area contributed by atoms with E-state index in [2.05, 4.69) is 32.3 Å². The van der Waals surface area contributed by atoms with Crippen LogP contribution in [0, 0.1) is 6.92 Å². The summed E-state index contributed by atoms with van der Waals surface area (Å²) in [7, 11) is 0. The van der Waals surface area contributed by atoms with Crippen LogP contribution in [0.3, 0.4) is 0 Å². The zero-order valence-corrected chi connectivity index (χ0v) is 15.7. The van der Waals surface area contributed by atoms with Gasteiger partial charge in [0.2, 0.25) is 0 Å². The molecule has 0 spiro atoms. The molecule has 1 aromatic carbocycles. The fourth-order valence-corrected chi connectivity index (χ4v) is 3.61. The predicted molar refractivity (Wildman–Crippen MR) is 108 cm³/mol. The van der Waals surface area contributed by atoms with Crippen molar-refractivity contribution in [2.45, 2.75) is 32.4 Å². The van der Waals surface area contributed by atoms with Crippen LogP contribution >= 0.6 is 0 Å². The van der Waals surface area contributed by atoms with Gasteiger partial charge >= 0.3 is 0 Å². The number of anilines is 1. The lowest BCUT2D eigenvalue weighted by Gasteiger charge is -2.33. The minimum Gasteiger partial charge on any atom is -0.366 e. The van der Waals surface area contributed by atoms with Crippen LogP contribution < -0.4 is 5.32 Å². The smallest absolute Gasteiger partial charge is 0.161 e. The minimum absolute atomic E-state index is 0.389. The number of nitrogens with one attached hydrogen (secondary N) is 1. The molecule has 3 heterocycles. The molecule has 5 nitrogen and oxygen atoms in total. The third-order valence-corrected chi connectivity index (χ3v) is 4.86. The molecule has 1 aliphatic rings. The van der Waals surface area contributed by atoms with Crippen molar-refractivity contribution in [3.63, 3.8) is 0 Å². The lowest BCUT2D eigenvalue weighted by Crippen LogP contribution is -2.41. The van der Waals surface area contributed by atoms with E-state index >= 15 is 0 Å². The highest BCUT2D eigenvalue weighted by molar-refractivity contribution is 5.57. The van der Waals surface area contributed by atoms with E-state index in [9.17, 15) is 0 Å². The lowest BCUT2D eigenvalue weighted by atomic mass is 10.1. The van der Waals surface area contributed by atoms with Crippen LogP contribution in [0.5, 0.6) is 0 Å². The van der Waals surface area contributed by atoms with E-state index < -0.39 is 0 Å². The quantitative estimate of drug-likeness (QED) is 0.748. The summed E-state index contributed by atoms with van der Waals surface area (Å²) in [4.78, 5) is 16.3. The number of aryl methyl sites for hydroxylation is 1. The van der Waals surface area contributed by atoms with Gasteiger partial charge in [0.1, 0.15) is 5.82 Å². The molecule has 0 aliphatic carbocycles. The Morgan fingerprint density at radius 2 is 1.93 bits per heavy atom. The van der Waals surface area contributed by atoms with Crippen LogP contribution in [0.15, 0.2) is 60.8 Å². The minimum atomic E-state index is 0.389. The molecule has 138 valence electrons. The van der Waals surface area contributed by atoms with Crippen LogP contribution in [-0.4, -0.2) is 39.0 Å². The van der Waals surface area contributed by atoms with E-state index in [4.69, 9.17) is 4.98 Å². The van der Waals surface area contributed by atoms with Crippen molar-refractivity contribution in [1.29, 1.82) is 0 Å². The molecule has 1 atom stereocenters. The molecule has 0 bridgehead atoms. The Morgan fingerprint density at radius 3 is 2.74 bits per heavy atom. The summed E-state index contributed by atoms with van der Waals surface area (Å²) in [6.07, 6.45) is 4.20. The number of hydrogen-bond donors (Lipinski definition) is 1. The maximum absolute atomic E-state index is 4.75. The molecule has 2 aromatic heterocycles. The largest absolute Gasteiger partial charge is 0.366 e. The third-order valence-electron chi connectivity index (χ3n) is 4.86. The molecular weight excluding hydrogens is 334 g/mol. The maximum atomic E-state index is 4.75. The summed E-state index contributed by atoms with van der Waals surface area (Å²) in [6.45, 7) is 5.04. The summed E-state index contributed by atoms with van der Waals surface area (Å²) in [5.41, 5.74) is 3.15.